The molecule has 0 fully saturated rings. The van der Waals surface area contributed by atoms with Gasteiger partial charge < -0.3 is 37.2 Å². The quantitative estimate of drug-likeness (QED) is 0.206. The van der Waals surface area contributed by atoms with E-state index in [0.29, 0.717) is 0 Å². The Morgan fingerprint density at radius 2 is 1.43 bits per heavy atom. The highest BCUT2D eigenvalue weighted by Gasteiger charge is 2.20. The number of nitrogens with two attached hydrogens (primary N) is 1. The van der Waals surface area contributed by atoms with Crippen molar-refractivity contribution in [3.05, 3.63) is 0 Å². The van der Waals surface area contributed by atoms with Crippen molar-refractivity contribution in [1.29, 1.82) is 0 Å². The van der Waals surface area contributed by atoms with Crippen LogP contribution in [0, 0.1) is 0 Å². The highest BCUT2D eigenvalue weighted by atomic mass is 16.4. The maximum atomic E-state index is 11.7. The van der Waals surface area contributed by atoms with Gasteiger partial charge in [0.2, 0.25) is 23.6 Å². The van der Waals surface area contributed by atoms with E-state index in [-0.39, 0.29) is 6.54 Å². The molecule has 0 aromatic carbocycles. The third kappa shape index (κ3) is 9.76. The summed E-state index contributed by atoms with van der Waals surface area (Å²) in [6, 6.07) is -1.33. The minimum atomic E-state index is -1.33. The summed E-state index contributed by atoms with van der Waals surface area (Å²) in [5.74, 6) is -4.16. The van der Waals surface area contributed by atoms with E-state index in [0.717, 1.165) is 0 Å². The first-order valence-electron chi connectivity index (χ1n) is 6.43. The first-order chi connectivity index (χ1) is 10.8. The van der Waals surface area contributed by atoms with Crippen LogP contribution in [0.1, 0.15) is 0 Å². The molecule has 12 nitrogen and oxygen atoms in total. The number of aliphatic carboxylic acids is 1. The lowest BCUT2D eigenvalue weighted by atomic mass is 10.3. The molecule has 0 unspecified atom stereocenters. The highest BCUT2D eigenvalue weighted by Crippen LogP contribution is 1.83. The van der Waals surface area contributed by atoms with E-state index < -0.39 is 61.9 Å². The zero-order chi connectivity index (χ0) is 17.8. The lowest BCUT2D eigenvalue weighted by molar-refractivity contribution is -0.138. The van der Waals surface area contributed by atoms with E-state index in [4.69, 9.17) is 15.9 Å². The molecule has 0 aromatic heterocycles. The second-order valence-corrected chi connectivity index (χ2v) is 4.17. The second kappa shape index (κ2) is 10.9. The van der Waals surface area contributed by atoms with E-state index >= 15 is 0 Å². The number of amides is 4. The summed E-state index contributed by atoms with van der Waals surface area (Å²) in [5.41, 5.74) is 5.02. The largest absolute Gasteiger partial charge is 0.480 e. The van der Waals surface area contributed by atoms with E-state index in [2.05, 4.69) is 16.0 Å². The molecule has 0 aliphatic rings. The number of carboxylic acids is 1. The summed E-state index contributed by atoms with van der Waals surface area (Å²) < 4.78 is 0. The van der Waals surface area contributed by atoms with Gasteiger partial charge in [-0.15, -0.1) is 0 Å². The van der Waals surface area contributed by atoms with E-state index in [1.165, 1.54) is 0 Å². The molecule has 0 heterocycles. The second-order valence-electron chi connectivity index (χ2n) is 4.17. The fraction of sp³-hybridized carbons (Fsp3) is 0.545. The molecule has 12 heteroatoms. The topological polar surface area (TPSA) is 200 Å². The van der Waals surface area contributed by atoms with Gasteiger partial charge in [0.05, 0.1) is 26.2 Å². The van der Waals surface area contributed by atoms with Gasteiger partial charge in [-0.2, -0.15) is 0 Å². The lowest BCUT2D eigenvalue weighted by Gasteiger charge is -2.16. The van der Waals surface area contributed by atoms with Crippen LogP contribution in [0.3, 0.4) is 0 Å². The number of hydrogen-bond acceptors (Lipinski definition) is 7. The van der Waals surface area contributed by atoms with Gasteiger partial charge in [0, 0.05) is 0 Å². The SMILES string of the molecule is NCC(=O)NCC(=O)N[C@@H](CO)C(=O)NCC(=O)NCC(=O)O. The minimum Gasteiger partial charge on any atom is -0.480 e. The van der Waals surface area contributed by atoms with Crippen LogP contribution in [0.4, 0.5) is 0 Å². The number of rotatable bonds is 10. The van der Waals surface area contributed by atoms with Crippen molar-refractivity contribution >= 4 is 29.6 Å². The average molecular weight is 333 g/mol. The number of carboxylic acid groups (broad SMARTS) is 1. The van der Waals surface area contributed by atoms with E-state index in [9.17, 15) is 24.0 Å². The normalized spacial score (nSPS) is 11.0. The maximum Gasteiger partial charge on any atom is 0.322 e. The van der Waals surface area contributed by atoms with Gasteiger partial charge in [0.15, 0.2) is 0 Å². The zero-order valence-corrected chi connectivity index (χ0v) is 12.1. The predicted molar refractivity (Wildman–Crippen MR) is 74.7 cm³/mol. The van der Waals surface area contributed by atoms with Crippen LogP contribution < -0.4 is 27.0 Å². The molecule has 130 valence electrons. The standard InChI is InChI=1S/C11H19N5O7/c12-1-7(18)13-3-9(20)16-6(5-17)11(23)15-2-8(19)14-4-10(21)22/h6,17H,1-5,12H2,(H,13,18)(H,14,19)(H,15,23)(H,16,20)(H,21,22)/t6-/m0/s1. The summed E-state index contributed by atoms with van der Waals surface area (Å²) in [5, 5.41) is 25.8. The van der Waals surface area contributed by atoms with Gasteiger partial charge >= 0.3 is 5.97 Å². The van der Waals surface area contributed by atoms with Crippen LogP contribution in [-0.2, 0) is 24.0 Å². The number of aliphatic hydroxyl groups is 1. The van der Waals surface area contributed by atoms with Crippen molar-refractivity contribution in [2.24, 2.45) is 5.73 Å². The molecule has 4 amide bonds. The smallest absolute Gasteiger partial charge is 0.322 e. The van der Waals surface area contributed by atoms with Crippen molar-refractivity contribution in [1.82, 2.24) is 21.3 Å². The summed E-state index contributed by atoms with van der Waals surface area (Å²) in [6.07, 6.45) is 0. The fourth-order valence-electron chi connectivity index (χ4n) is 1.22. The molecular formula is C11H19N5O7. The van der Waals surface area contributed by atoms with Gasteiger partial charge in [-0.25, -0.2) is 0 Å². The monoisotopic (exact) mass is 333 g/mol. The van der Waals surface area contributed by atoms with Gasteiger partial charge in [0.25, 0.3) is 0 Å². The molecule has 0 saturated carbocycles. The summed E-state index contributed by atoms with van der Waals surface area (Å²) in [7, 11) is 0. The first kappa shape index (κ1) is 20.3. The van der Waals surface area contributed by atoms with Crippen molar-refractivity contribution in [3.8, 4) is 0 Å². The highest BCUT2D eigenvalue weighted by molar-refractivity contribution is 5.92. The Hall–Kier alpha value is -2.73. The van der Waals surface area contributed by atoms with Crippen molar-refractivity contribution in [2.45, 2.75) is 6.04 Å². The summed E-state index contributed by atoms with van der Waals surface area (Å²) in [6.45, 7) is -2.60. The Balaban J connectivity index is 4.20. The van der Waals surface area contributed by atoms with Crippen LogP contribution >= 0.6 is 0 Å². The molecule has 23 heavy (non-hydrogen) atoms. The molecule has 0 spiro atoms. The molecule has 0 saturated heterocycles. The number of carbonyl (C=O) groups excluding carboxylic acids is 4. The fourth-order valence-corrected chi connectivity index (χ4v) is 1.22. The van der Waals surface area contributed by atoms with Gasteiger partial charge in [0.1, 0.15) is 12.6 Å². The zero-order valence-electron chi connectivity index (χ0n) is 12.1. The minimum absolute atomic E-state index is 0.303. The van der Waals surface area contributed by atoms with Crippen LogP contribution in [0.15, 0.2) is 0 Å². The number of nitrogens with one attached hydrogen (secondary N) is 4. The molecule has 8 N–H and O–H groups in total. The number of carbonyl (C=O) groups is 5. The number of hydrogen-bond donors (Lipinski definition) is 7. The average Bonchev–Trinajstić information content (AvgIpc) is 2.53. The van der Waals surface area contributed by atoms with Gasteiger partial charge in [-0.05, 0) is 0 Å². The molecule has 0 aromatic rings. The predicted octanol–water partition coefficient (Wildman–Crippen LogP) is -5.14. The molecule has 0 rings (SSSR count). The van der Waals surface area contributed by atoms with E-state index in [1.54, 1.807) is 0 Å². The Labute approximate surface area is 130 Å². The van der Waals surface area contributed by atoms with Gasteiger partial charge in [-0.1, -0.05) is 0 Å². The van der Waals surface area contributed by atoms with Crippen molar-refractivity contribution in [2.75, 3.05) is 32.8 Å². The van der Waals surface area contributed by atoms with E-state index in [1.807, 2.05) is 5.32 Å². The van der Waals surface area contributed by atoms with Crippen molar-refractivity contribution < 1.29 is 34.2 Å². The lowest BCUT2D eigenvalue weighted by Crippen LogP contribution is -2.53. The molecule has 1 atom stereocenters. The van der Waals surface area contributed by atoms with Crippen molar-refractivity contribution in [3.63, 3.8) is 0 Å². The molecule has 0 bridgehead atoms. The number of aliphatic hydroxyl groups excluding tert-OH is 1. The Morgan fingerprint density at radius 3 is 1.96 bits per heavy atom. The molecule has 0 radical (unpaired) electrons. The molecule has 0 aliphatic heterocycles. The van der Waals surface area contributed by atoms with Crippen LogP contribution in [0.25, 0.3) is 0 Å². The van der Waals surface area contributed by atoms with Gasteiger partial charge in [-0.3, -0.25) is 24.0 Å². The molecular weight excluding hydrogens is 314 g/mol. The van der Waals surface area contributed by atoms with Crippen LogP contribution in [0.5, 0.6) is 0 Å². The Morgan fingerprint density at radius 1 is 0.870 bits per heavy atom. The summed E-state index contributed by atoms with van der Waals surface area (Å²) in [4.78, 5) is 55.4. The third-order valence-corrected chi connectivity index (χ3v) is 2.33. The first-order valence-corrected chi connectivity index (χ1v) is 6.43. The van der Waals surface area contributed by atoms with Crippen LogP contribution in [-0.4, -0.2) is 78.6 Å². The van der Waals surface area contributed by atoms with Crippen LogP contribution in [0.2, 0.25) is 0 Å². The Bertz CT molecular complexity index is 468. The molecule has 0 aliphatic carbocycles. The maximum absolute atomic E-state index is 11.7. The third-order valence-electron chi connectivity index (χ3n) is 2.33. The summed E-state index contributed by atoms with van der Waals surface area (Å²) >= 11 is 0. The Kier molecular flexibility index (Phi) is 9.62.